The maximum absolute atomic E-state index is 9.46. The highest BCUT2D eigenvalue weighted by molar-refractivity contribution is 5.85. The molecule has 0 bridgehead atoms. The molecule has 0 saturated carbocycles. The highest BCUT2D eigenvalue weighted by Gasteiger charge is 2.06. The standard InChI is InChI=1S/C16H14N2O2/c1-11(19)12-7-8-16(18-10-12)20-15-6-2-5-14-13(15)4-3-9-17-14/h2-11,19H,1H3/t11-/m1/s1. The average Bonchev–Trinajstić information content (AvgIpc) is 2.48. The van der Waals surface area contributed by atoms with Crippen molar-refractivity contribution < 1.29 is 9.84 Å². The Bertz CT molecular complexity index is 719. The van der Waals surface area contributed by atoms with E-state index in [9.17, 15) is 5.11 Å². The van der Waals surface area contributed by atoms with Crippen LogP contribution in [0.3, 0.4) is 0 Å². The summed E-state index contributed by atoms with van der Waals surface area (Å²) in [6.45, 7) is 1.70. The van der Waals surface area contributed by atoms with Crippen LogP contribution in [0.1, 0.15) is 18.6 Å². The van der Waals surface area contributed by atoms with Crippen LogP contribution in [0.5, 0.6) is 11.6 Å². The number of benzene rings is 1. The molecule has 0 saturated heterocycles. The molecule has 0 aliphatic carbocycles. The van der Waals surface area contributed by atoms with Crippen molar-refractivity contribution in [1.29, 1.82) is 0 Å². The molecule has 3 rings (SSSR count). The van der Waals surface area contributed by atoms with Crippen LogP contribution in [0.25, 0.3) is 10.9 Å². The number of hydrogen-bond donors (Lipinski definition) is 1. The molecule has 1 aromatic carbocycles. The van der Waals surface area contributed by atoms with E-state index < -0.39 is 6.10 Å². The molecule has 4 heteroatoms. The summed E-state index contributed by atoms with van der Waals surface area (Å²) in [6.07, 6.45) is 2.84. The Morgan fingerprint density at radius 3 is 2.70 bits per heavy atom. The first-order chi connectivity index (χ1) is 9.74. The van der Waals surface area contributed by atoms with Gasteiger partial charge in [-0.3, -0.25) is 4.98 Å². The van der Waals surface area contributed by atoms with Crippen molar-refractivity contribution in [2.45, 2.75) is 13.0 Å². The maximum atomic E-state index is 9.46. The summed E-state index contributed by atoms with van der Waals surface area (Å²) in [4.78, 5) is 8.49. The largest absolute Gasteiger partial charge is 0.438 e. The Labute approximate surface area is 116 Å². The molecule has 0 fully saturated rings. The number of aliphatic hydroxyl groups is 1. The van der Waals surface area contributed by atoms with Crippen molar-refractivity contribution in [3.05, 3.63) is 60.4 Å². The van der Waals surface area contributed by atoms with E-state index in [-0.39, 0.29) is 0 Å². The third kappa shape index (κ3) is 2.46. The minimum Gasteiger partial charge on any atom is -0.438 e. The van der Waals surface area contributed by atoms with E-state index in [1.165, 1.54) is 0 Å². The number of nitrogens with zero attached hydrogens (tertiary/aromatic N) is 2. The van der Waals surface area contributed by atoms with Crippen molar-refractivity contribution in [1.82, 2.24) is 9.97 Å². The third-order valence-electron chi connectivity index (χ3n) is 3.06. The quantitative estimate of drug-likeness (QED) is 0.788. The highest BCUT2D eigenvalue weighted by atomic mass is 16.5. The number of rotatable bonds is 3. The Kier molecular flexibility index (Phi) is 3.31. The Hall–Kier alpha value is -2.46. The van der Waals surface area contributed by atoms with Gasteiger partial charge in [-0.25, -0.2) is 4.98 Å². The summed E-state index contributed by atoms with van der Waals surface area (Å²) in [7, 11) is 0. The summed E-state index contributed by atoms with van der Waals surface area (Å²) in [5.74, 6) is 1.21. The van der Waals surface area contributed by atoms with Gasteiger partial charge < -0.3 is 9.84 Å². The van der Waals surface area contributed by atoms with Crippen LogP contribution in [0.2, 0.25) is 0 Å². The highest BCUT2D eigenvalue weighted by Crippen LogP contribution is 2.28. The van der Waals surface area contributed by atoms with E-state index in [0.29, 0.717) is 11.6 Å². The van der Waals surface area contributed by atoms with Crippen LogP contribution in [0, 0.1) is 0 Å². The normalized spacial score (nSPS) is 12.3. The smallest absolute Gasteiger partial charge is 0.219 e. The predicted octanol–water partition coefficient (Wildman–Crippen LogP) is 3.48. The molecular weight excluding hydrogens is 252 g/mol. The van der Waals surface area contributed by atoms with Crippen LogP contribution in [0.4, 0.5) is 0 Å². The van der Waals surface area contributed by atoms with Gasteiger partial charge in [-0.15, -0.1) is 0 Å². The monoisotopic (exact) mass is 266 g/mol. The van der Waals surface area contributed by atoms with Crippen molar-refractivity contribution in [2.24, 2.45) is 0 Å². The Morgan fingerprint density at radius 2 is 1.95 bits per heavy atom. The Balaban J connectivity index is 1.93. The van der Waals surface area contributed by atoms with Crippen LogP contribution in [-0.2, 0) is 0 Å². The SMILES string of the molecule is C[C@@H](O)c1ccc(Oc2cccc3ncccc23)nc1. The fraction of sp³-hybridized carbons (Fsp3) is 0.125. The van der Waals surface area contributed by atoms with Crippen molar-refractivity contribution in [3.63, 3.8) is 0 Å². The fourth-order valence-electron chi connectivity index (χ4n) is 1.98. The number of hydrogen-bond acceptors (Lipinski definition) is 4. The Morgan fingerprint density at radius 1 is 1.05 bits per heavy atom. The number of aromatic nitrogens is 2. The molecule has 100 valence electrons. The zero-order valence-electron chi connectivity index (χ0n) is 11.0. The lowest BCUT2D eigenvalue weighted by atomic mass is 10.2. The van der Waals surface area contributed by atoms with Gasteiger partial charge in [-0.2, -0.15) is 0 Å². The van der Waals surface area contributed by atoms with Gasteiger partial charge in [0.1, 0.15) is 5.75 Å². The van der Waals surface area contributed by atoms with E-state index in [0.717, 1.165) is 16.5 Å². The van der Waals surface area contributed by atoms with Crippen LogP contribution < -0.4 is 4.74 Å². The van der Waals surface area contributed by atoms with Crippen LogP contribution in [0.15, 0.2) is 54.9 Å². The number of aliphatic hydroxyl groups excluding tert-OH is 1. The van der Waals surface area contributed by atoms with E-state index in [2.05, 4.69) is 9.97 Å². The van der Waals surface area contributed by atoms with Crippen molar-refractivity contribution >= 4 is 10.9 Å². The third-order valence-corrected chi connectivity index (χ3v) is 3.06. The van der Waals surface area contributed by atoms with E-state index in [1.807, 2.05) is 30.3 Å². The zero-order chi connectivity index (χ0) is 13.9. The van der Waals surface area contributed by atoms with Gasteiger partial charge in [0.2, 0.25) is 5.88 Å². The lowest BCUT2D eigenvalue weighted by Crippen LogP contribution is -1.94. The fourth-order valence-corrected chi connectivity index (χ4v) is 1.98. The van der Waals surface area contributed by atoms with Gasteiger partial charge in [0.15, 0.2) is 0 Å². The molecule has 0 amide bonds. The maximum Gasteiger partial charge on any atom is 0.219 e. The zero-order valence-corrected chi connectivity index (χ0v) is 11.0. The summed E-state index contributed by atoms with van der Waals surface area (Å²) >= 11 is 0. The van der Waals surface area contributed by atoms with Gasteiger partial charge in [0.25, 0.3) is 0 Å². The first kappa shape index (κ1) is 12.6. The number of fused-ring (bicyclic) bond motifs is 1. The molecule has 4 nitrogen and oxygen atoms in total. The molecule has 1 N–H and O–H groups in total. The molecule has 0 radical (unpaired) electrons. The number of ether oxygens (including phenoxy) is 1. The van der Waals surface area contributed by atoms with Gasteiger partial charge in [-0.05, 0) is 42.8 Å². The minimum atomic E-state index is -0.529. The second-order valence-corrected chi connectivity index (χ2v) is 4.53. The van der Waals surface area contributed by atoms with E-state index >= 15 is 0 Å². The van der Waals surface area contributed by atoms with Gasteiger partial charge in [0.05, 0.1) is 11.6 Å². The second-order valence-electron chi connectivity index (χ2n) is 4.53. The second kappa shape index (κ2) is 5.27. The molecule has 0 aliphatic heterocycles. The molecule has 3 aromatic rings. The molecule has 2 heterocycles. The summed E-state index contributed by atoms with van der Waals surface area (Å²) < 4.78 is 5.79. The molecule has 0 aliphatic rings. The summed E-state index contributed by atoms with van der Waals surface area (Å²) in [5, 5.41) is 10.4. The first-order valence-corrected chi connectivity index (χ1v) is 6.39. The van der Waals surface area contributed by atoms with Gasteiger partial charge in [-0.1, -0.05) is 6.07 Å². The van der Waals surface area contributed by atoms with Crippen LogP contribution in [-0.4, -0.2) is 15.1 Å². The molecule has 0 unspecified atom stereocenters. The first-order valence-electron chi connectivity index (χ1n) is 6.39. The summed E-state index contributed by atoms with van der Waals surface area (Å²) in [6, 6.07) is 13.1. The van der Waals surface area contributed by atoms with Crippen molar-refractivity contribution in [3.8, 4) is 11.6 Å². The summed E-state index contributed by atoms with van der Waals surface area (Å²) in [5.41, 5.74) is 1.64. The lowest BCUT2D eigenvalue weighted by Gasteiger charge is -2.09. The number of pyridine rings is 2. The molecule has 0 spiro atoms. The molecule has 20 heavy (non-hydrogen) atoms. The van der Waals surface area contributed by atoms with Crippen LogP contribution >= 0.6 is 0 Å². The van der Waals surface area contributed by atoms with Crippen molar-refractivity contribution in [2.75, 3.05) is 0 Å². The van der Waals surface area contributed by atoms with Gasteiger partial charge in [0, 0.05) is 23.8 Å². The lowest BCUT2D eigenvalue weighted by molar-refractivity contribution is 0.198. The average molecular weight is 266 g/mol. The predicted molar refractivity (Wildman–Crippen MR) is 76.7 cm³/mol. The topological polar surface area (TPSA) is 55.2 Å². The molecular formula is C16H14N2O2. The molecule has 2 aromatic heterocycles. The minimum absolute atomic E-state index is 0.491. The van der Waals surface area contributed by atoms with E-state index in [4.69, 9.17) is 4.74 Å². The van der Waals surface area contributed by atoms with Gasteiger partial charge >= 0.3 is 0 Å². The van der Waals surface area contributed by atoms with E-state index in [1.54, 1.807) is 31.5 Å². The molecule has 1 atom stereocenters.